The summed E-state index contributed by atoms with van der Waals surface area (Å²) in [6.07, 6.45) is -0.203. The fourth-order valence-electron chi connectivity index (χ4n) is 3.01. The Morgan fingerprint density at radius 2 is 1.76 bits per heavy atom. The third-order valence-electron chi connectivity index (χ3n) is 3.91. The van der Waals surface area contributed by atoms with Gasteiger partial charge in [-0.2, -0.15) is 0 Å². The predicted molar refractivity (Wildman–Crippen MR) is 97.6 cm³/mol. The van der Waals surface area contributed by atoms with Crippen LogP contribution < -0.4 is 5.73 Å². The monoisotopic (exact) mass is 376 g/mol. The normalized spacial score (nSPS) is 11.8. The highest BCUT2D eigenvalue weighted by atomic mass is 35.5. The van der Waals surface area contributed by atoms with Crippen LogP contribution in [0.1, 0.15) is 16.8 Å². The highest BCUT2D eigenvalue weighted by Gasteiger charge is 2.27. The van der Waals surface area contributed by atoms with Gasteiger partial charge in [-0.05, 0) is 55.3 Å². The Kier molecular flexibility index (Phi) is 4.34. The summed E-state index contributed by atoms with van der Waals surface area (Å²) in [4.78, 5) is 14.6. The molecule has 0 aliphatic carbocycles. The molecule has 25 heavy (non-hydrogen) atoms. The number of nitrogens with one attached hydrogen (secondary N) is 1. The molecule has 1 aromatic heterocycles. The fraction of sp³-hybridized carbons (Fsp3) is 0.167. The predicted octanol–water partition coefficient (Wildman–Crippen LogP) is 3.30. The van der Waals surface area contributed by atoms with Gasteiger partial charge in [0.05, 0.1) is 11.3 Å². The Bertz CT molecular complexity index is 1080. The number of rotatable bonds is 4. The van der Waals surface area contributed by atoms with Gasteiger partial charge in [-0.3, -0.25) is 4.79 Å². The van der Waals surface area contributed by atoms with Crippen molar-refractivity contribution in [2.75, 3.05) is 0 Å². The molecular formula is C18H17ClN2O3S. The molecule has 0 atom stereocenters. The van der Waals surface area contributed by atoms with Gasteiger partial charge >= 0.3 is 0 Å². The first-order valence-corrected chi connectivity index (χ1v) is 9.46. The minimum absolute atomic E-state index is 0.0498. The van der Waals surface area contributed by atoms with Crippen LogP contribution >= 0.6 is 11.6 Å². The van der Waals surface area contributed by atoms with E-state index in [2.05, 4.69) is 4.98 Å². The summed E-state index contributed by atoms with van der Waals surface area (Å²) in [7, 11) is -3.86. The number of nitrogens with two attached hydrogens (primary N) is 1. The lowest BCUT2D eigenvalue weighted by molar-refractivity contribution is -0.117. The number of benzene rings is 2. The number of aromatic nitrogens is 1. The molecule has 0 fully saturated rings. The average molecular weight is 377 g/mol. The Labute approximate surface area is 150 Å². The SMILES string of the molecule is Cc1cc(C)cc(S(=O)(=O)c2c(CC(N)=O)[nH]c3ccc(Cl)cc23)c1. The maximum absolute atomic E-state index is 13.3. The van der Waals surface area contributed by atoms with Crippen LogP contribution in [0, 0.1) is 13.8 Å². The fourth-order valence-corrected chi connectivity index (χ4v) is 5.00. The number of H-pyrrole nitrogens is 1. The van der Waals surface area contributed by atoms with Gasteiger partial charge < -0.3 is 10.7 Å². The van der Waals surface area contributed by atoms with Crippen LogP contribution in [0.25, 0.3) is 10.9 Å². The van der Waals surface area contributed by atoms with E-state index < -0.39 is 15.7 Å². The van der Waals surface area contributed by atoms with Crippen LogP contribution in [0.2, 0.25) is 5.02 Å². The maximum atomic E-state index is 13.3. The molecule has 0 aliphatic rings. The van der Waals surface area contributed by atoms with Crippen molar-refractivity contribution in [3.05, 3.63) is 58.2 Å². The van der Waals surface area contributed by atoms with E-state index in [4.69, 9.17) is 17.3 Å². The molecule has 1 amide bonds. The van der Waals surface area contributed by atoms with Gasteiger partial charge in [0.1, 0.15) is 4.90 Å². The minimum atomic E-state index is -3.86. The van der Waals surface area contributed by atoms with Crippen LogP contribution in [0.3, 0.4) is 0 Å². The van der Waals surface area contributed by atoms with Crippen LogP contribution in [0.4, 0.5) is 0 Å². The van der Waals surface area contributed by atoms with Gasteiger partial charge in [0.25, 0.3) is 0 Å². The van der Waals surface area contributed by atoms with Gasteiger partial charge in [-0.15, -0.1) is 0 Å². The average Bonchev–Trinajstić information content (AvgIpc) is 2.82. The van der Waals surface area contributed by atoms with E-state index in [1.165, 1.54) is 0 Å². The zero-order chi connectivity index (χ0) is 18.4. The number of carbonyl (C=O) groups excluding carboxylic acids is 1. The molecule has 0 bridgehead atoms. The second-order valence-corrected chi connectivity index (χ2v) is 8.42. The first-order valence-electron chi connectivity index (χ1n) is 7.60. The standard InChI is InChI=1S/C18H17ClN2O3S/c1-10-5-11(2)7-13(6-10)25(23,24)18-14-8-12(19)3-4-15(14)21-16(18)9-17(20)22/h3-8,21H,9H2,1-2H3,(H2,20,22). The van der Waals surface area contributed by atoms with Crippen molar-refractivity contribution in [3.63, 3.8) is 0 Å². The van der Waals surface area contributed by atoms with E-state index in [0.29, 0.717) is 15.9 Å². The molecule has 130 valence electrons. The Morgan fingerprint density at radius 1 is 1.12 bits per heavy atom. The topological polar surface area (TPSA) is 93.0 Å². The summed E-state index contributed by atoms with van der Waals surface area (Å²) in [5.41, 5.74) is 7.83. The number of aryl methyl sites for hydroxylation is 2. The van der Waals surface area contributed by atoms with Crippen LogP contribution in [-0.4, -0.2) is 19.3 Å². The van der Waals surface area contributed by atoms with Crippen LogP contribution in [-0.2, 0) is 21.1 Å². The number of primary amides is 1. The summed E-state index contributed by atoms with van der Waals surface area (Å²) < 4.78 is 26.6. The van der Waals surface area contributed by atoms with Crippen molar-refractivity contribution < 1.29 is 13.2 Å². The Hall–Kier alpha value is -2.31. The molecule has 3 N–H and O–H groups in total. The van der Waals surface area contributed by atoms with Crippen LogP contribution in [0.5, 0.6) is 0 Å². The zero-order valence-corrected chi connectivity index (χ0v) is 15.3. The maximum Gasteiger partial charge on any atom is 0.223 e. The molecule has 0 unspecified atom stereocenters. The van der Waals surface area contributed by atoms with Crippen molar-refractivity contribution in [3.8, 4) is 0 Å². The quantitative estimate of drug-likeness (QED) is 0.731. The molecule has 3 rings (SSSR count). The summed E-state index contributed by atoms with van der Waals surface area (Å²) in [6.45, 7) is 3.67. The van der Waals surface area contributed by atoms with Gasteiger partial charge in [0.15, 0.2) is 0 Å². The van der Waals surface area contributed by atoms with E-state index in [1.54, 1.807) is 30.3 Å². The molecule has 7 heteroatoms. The molecule has 0 aliphatic heterocycles. The lowest BCUT2D eigenvalue weighted by atomic mass is 10.2. The molecule has 0 radical (unpaired) electrons. The molecule has 0 spiro atoms. The second kappa shape index (κ2) is 6.20. The first kappa shape index (κ1) is 17.5. The van der Waals surface area contributed by atoms with E-state index in [0.717, 1.165) is 11.1 Å². The van der Waals surface area contributed by atoms with Gasteiger partial charge in [-0.25, -0.2) is 8.42 Å². The zero-order valence-electron chi connectivity index (χ0n) is 13.8. The number of halogens is 1. The summed E-state index contributed by atoms with van der Waals surface area (Å²) in [5, 5.41) is 0.858. The molecule has 3 aromatic rings. The highest BCUT2D eigenvalue weighted by molar-refractivity contribution is 7.91. The largest absolute Gasteiger partial charge is 0.369 e. The van der Waals surface area contributed by atoms with Gasteiger partial charge in [-0.1, -0.05) is 17.7 Å². The number of carbonyl (C=O) groups is 1. The minimum Gasteiger partial charge on any atom is -0.369 e. The third kappa shape index (κ3) is 3.27. The van der Waals surface area contributed by atoms with E-state index in [-0.39, 0.29) is 21.9 Å². The summed E-state index contributed by atoms with van der Waals surface area (Å²) in [5.74, 6) is -0.616. The smallest absolute Gasteiger partial charge is 0.223 e. The highest BCUT2D eigenvalue weighted by Crippen LogP contribution is 2.34. The van der Waals surface area contributed by atoms with Crippen molar-refractivity contribution >= 4 is 38.2 Å². The number of aromatic amines is 1. The number of amides is 1. The number of fused-ring (bicyclic) bond motifs is 1. The Morgan fingerprint density at radius 3 is 2.36 bits per heavy atom. The van der Waals surface area contributed by atoms with E-state index in [9.17, 15) is 13.2 Å². The van der Waals surface area contributed by atoms with E-state index >= 15 is 0 Å². The molecule has 0 saturated heterocycles. The van der Waals surface area contributed by atoms with Gasteiger partial charge in [0.2, 0.25) is 15.7 Å². The Balaban J connectivity index is 2.35. The number of hydrogen-bond acceptors (Lipinski definition) is 3. The van der Waals surface area contributed by atoms with Crippen molar-refractivity contribution in [2.45, 2.75) is 30.1 Å². The molecule has 5 nitrogen and oxygen atoms in total. The molecule has 1 heterocycles. The molecular weight excluding hydrogens is 360 g/mol. The first-order chi connectivity index (χ1) is 11.7. The molecule has 2 aromatic carbocycles. The lowest BCUT2D eigenvalue weighted by Gasteiger charge is -2.09. The van der Waals surface area contributed by atoms with Crippen LogP contribution in [0.15, 0.2) is 46.2 Å². The lowest BCUT2D eigenvalue weighted by Crippen LogP contribution is -2.16. The second-order valence-electron chi connectivity index (χ2n) is 6.09. The third-order valence-corrected chi connectivity index (χ3v) is 6.01. The number of sulfone groups is 1. The van der Waals surface area contributed by atoms with Crippen molar-refractivity contribution in [1.29, 1.82) is 0 Å². The number of hydrogen-bond donors (Lipinski definition) is 2. The summed E-state index contributed by atoms with van der Waals surface area (Å²) in [6, 6.07) is 10.0. The van der Waals surface area contributed by atoms with Crippen molar-refractivity contribution in [1.82, 2.24) is 4.98 Å². The molecule has 0 saturated carbocycles. The van der Waals surface area contributed by atoms with E-state index in [1.807, 2.05) is 19.9 Å². The van der Waals surface area contributed by atoms with Crippen molar-refractivity contribution in [2.24, 2.45) is 5.73 Å². The van der Waals surface area contributed by atoms with Gasteiger partial charge in [0, 0.05) is 21.6 Å². The summed E-state index contributed by atoms with van der Waals surface area (Å²) >= 11 is 6.05.